The highest BCUT2D eigenvalue weighted by atomic mass is 32.2. The van der Waals surface area contributed by atoms with E-state index in [0.29, 0.717) is 5.56 Å². The number of amides is 1. The van der Waals surface area contributed by atoms with Gasteiger partial charge in [0.25, 0.3) is 5.91 Å². The second-order valence-electron chi connectivity index (χ2n) is 9.53. The first-order valence-corrected chi connectivity index (χ1v) is 13.2. The standard InChI is InChI=1S/C25H34N4O5S/c1-25(2,3)34-24(31)21(28-35(32,33)20-9-5-4-6-10-20)17-27-23(30)18-12-14-19(15-13-18)29-16-8-7-11-22(29)26/h4-6,9-10,12-15,21-22,28H,7-8,11,16-17,26H2,1-3H3,(H,27,30). The van der Waals surface area contributed by atoms with Gasteiger partial charge in [-0.1, -0.05) is 18.2 Å². The second-order valence-corrected chi connectivity index (χ2v) is 11.2. The molecule has 0 saturated carbocycles. The third-order valence-corrected chi connectivity index (χ3v) is 7.01. The Hall–Kier alpha value is -2.95. The molecule has 3 rings (SSSR count). The van der Waals surface area contributed by atoms with Crippen LogP contribution in [-0.2, 0) is 19.6 Å². The lowest BCUT2D eigenvalue weighted by atomic mass is 10.1. The molecule has 1 aliphatic rings. The molecule has 9 nitrogen and oxygen atoms in total. The Balaban J connectivity index is 1.70. The van der Waals surface area contributed by atoms with E-state index in [2.05, 4.69) is 14.9 Å². The zero-order valence-corrected chi connectivity index (χ0v) is 21.2. The van der Waals surface area contributed by atoms with Crippen LogP contribution in [0.4, 0.5) is 5.69 Å². The molecule has 10 heteroatoms. The summed E-state index contributed by atoms with van der Waals surface area (Å²) in [6.07, 6.45) is 3.05. The van der Waals surface area contributed by atoms with Crippen molar-refractivity contribution in [2.45, 2.75) is 62.7 Å². The Labute approximate surface area is 207 Å². The summed E-state index contributed by atoms with van der Waals surface area (Å²) in [6, 6.07) is 13.4. The van der Waals surface area contributed by atoms with Gasteiger partial charge in [0.05, 0.1) is 11.1 Å². The van der Waals surface area contributed by atoms with Crippen LogP contribution in [0.25, 0.3) is 0 Å². The first kappa shape index (κ1) is 26.7. The molecule has 2 aromatic carbocycles. The molecular weight excluding hydrogens is 468 g/mol. The molecule has 0 aromatic heterocycles. The minimum absolute atomic E-state index is 0.00592. The third kappa shape index (κ3) is 7.51. The molecule has 0 radical (unpaired) electrons. The monoisotopic (exact) mass is 502 g/mol. The first-order valence-electron chi connectivity index (χ1n) is 11.7. The number of carbonyl (C=O) groups is 2. The molecule has 1 aliphatic heterocycles. The molecule has 1 fully saturated rings. The molecule has 1 saturated heterocycles. The quantitative estimate of drug-likeness (QED) is 0.472. The average Bonchev–Trinajstić information content (AvgIpc) is 2.81. The van der Waals surface area contributed by atoms with Gasteiger partial charge < -0.3 is 20.7 Å². The van der Waals surface area contributed by atoms with E-state index in [9.17, 15) is 18.0 Å². The smallest absolute Gasteiger partial charge is 0.326 e. The maximum absolute atomic E-state index is 12.8. The van der Waals surface area contributed by atoms with Crippen molar-refractivity contribution in [2.75, 3.05) is 18.0 Å². The first-order chi connectivity index (χ1) is 16.5. The highest BCUT2D eigenvalue weighted by Gasteiger charge is 2.30. The van der Waals surface area contributed by atoms with Crippen LogP contribution in [0.5, 0.6) is 0 Å². The number of ether oxygens (including phenoxy) is 1. The number of sulfonamides is 1. The summed E-state index contributed by atoms with van der Waals surface area (Å²) < 4.78 is 33.3. The van der Waals surface area contributed by atoms with E-state index < -0.39 is 33.5 Å². The molecule has 1 amide bonds. The molecule has 2 atom stereocenters. The zero-order valence-electron chi connectivity index (χ0n) is 20.4. The lowest BCUT2D eigenvalue weighted by Gasteiger charge is -2.35. The number of nitrogens with zero attached hydrogens (tertiary/aromatic N) is 1. The Bertz CT molecular complexity index is 1110. The van der Waals surface area contributed by atoms with Crippen LogP contribution in [0.1, 0.15) is 50.4 Å². The predicted octanol–water partition coefficient (Wildman–Crippen LogP) is 2.38. The van der Waals surface area contributed by atoms with Crippen molar-refractivity contribution >= 4 is 27.6 Å². The van der Waals surface area contributed by atoms with Crippen molar-refractivity contribution in [3.8, 4) is 0 Å². The number of nitrogens with one attached hydrogen (secondary N) is 2. The van der Waals surface area contributed by atoms with Gasteiger partial charge >= 0.3 is 5.97 Å². The average molecular weight is 503 g/mol. The van der Waals surface area contributed by atoms with Crippen molar-refractivity contribution in [2.24, 2.45) is 5.73 Å². The van der Waals surface area contributed by atoms with Crippen molar-refractivity contribution in [1.29, 1.82) is 0 Å². The van der Waals surface area contributed by atoms with Crippen LogP contribution < -0.4 is 20.7 Å². The van der Waals surface area contributed by atoms with Gasteiger partial charge in [-0.2, -0.15) is 4.72 Å². The fraction of sp³-hybridized carbons (Fsp3) is 0.440. The van der Waals surface area contributed by atoms with Gasteiger partial charge in [0.15, 0.2) is 0 Å². The molecule has 2 unspecified atom stereocenters. The molecule has 35 heavy (non-hydrogen) atoms. The molecule has 0 aliphatic carbocycles. The fourth-order valence-corrected chi connectivity index (χ4v) is 4.99. The predicted molar refractivity (Wildman–Crippen MR) is 134 cm³/mol. The van der Waals surface area contributed by atoms with E-state index in [-0.39, 0.29) is 17.6 Å². The number of carbonyl (C=O) groups excluding carboxylic acids is 2. The van der Waals surface area contributed by atoms with Gasteiger partial charge in [-0.3, -0.25) is 9.59 Å². The summed E-state index contributed by atoms with van der Waals surface area (Å²) in [7, 11) is -4.02. The van der Waals surface area contributed by atoms with Gasteiger partial charge in [-0.25, -0.2) is 8.42 Å². The van der Waals surface area contributed by atoms with Gasteiger partial charge in [0.2, 0.25) is 10.0 Å². The van der Waals surface area contributed by atoms with Gasteiger partial charge in [-0.15, -0.1) is 0 Å². The van der Waals surface area contributed by atoms with E-state index in [1.54, 1.807) is 51.1 Å². The number of hydrogen-bond donors (Lipinski definition) is 3. The summed E-state index contributed by atoms with van der Waals surface area (Å²) in [4.78, 5) is 27.6. The minimum Gasteiger partial charge on any atom is -0.459 e. The topological polar surface area (TPSA) is 131 Å². The number of rotatable bonds is 8. The van der Waals surface area contributed by atoms with Crippen LogP contribution in [-0.4, -0.2) is 51.2 Å². The van der Waals surface area contributed by atoms with Crippen molar-refractivity contribution in [1.82, 2.24) is 10.0 Å². The SMILES string of the molecule is CC(C)(C)OC(=O)C(CNC(=O)c1ccc(N2CCCCC2N)cc1)NS(=O)(=O)c1ccccc1. The molecule has 1 heterocycles. The summed E-state index contributed by atoms with van der Waals surface area (Å²) >= 11 is 0. The molecule has 4 N–H and O–H groups in total. The van der Waals surface area contributed by atoms with E-state index in [1.807, 2.05) is 12.1 Å². The Morgan fingerprint density at radius 2 is 1.74 bits per heavy atom. The van der Waals surface area contributed by atoms with E-state index in [0.717, 1.165) is 31.5 Å². The molecule has 190 valence electrons. The van der Waals surface area contributed by atoms with Crippen LogP contribution in [0.3, 0.4) is 0 Å². The number of esters is 1. The van der Waals surface area contributed by atoms with E-state index in [1.165, 1.54) is 12.1 Å². The molecular formula is C25H34N4O5S. The Morgan fingerprint density at radius 3 is 2.34 bits per heavy atom. The third-order valence-electron chi connectivity index (χ3n) is 5.52. The summed E-state index contributed by atoms with van der Waals surface area (Å²) in [5.41, 5.74) is 6.69. The van der Waals surface area contributed by atoms with Gasteiger partial charge in [0, 0.05) is 24.3 Å². The second kappa shape index (κ2) is 11.2. The Kier molecular flexibility index (Phi) is 8.52. The molecule has 0 spiro atoms. The van der Waals surface area contributed by atoms with Crippen LogP contribution in [0, 0.1) is 0 Å². The number of nitrogens with two attached hydrogens (primary N) is 1. The highest BCUT2D eigenvalue weighted by molar-refractivity contribution is 7.89. The normalized spacial score (nSPS) is 17.5. The highest BCUT2D eigenvalue weighted by Crippen LogP contribution is 2.23. The lowest BCUT2D eigenvalue weighted by Crippen LogP contribution is -2.50. The maximum Gasteiger partial charge on any atom is 0.326 e. The maximum atomic E-state index is 12.8. The largest absolute Gasteiger partial charge is 0.459 e. The van der Waals surface area contributed by atoms with E-state index in [4.69, 9.17) is 10.5 Å². The van der Waals surface area contributed by atoms with Crippen LogP contribution in [0.2, 0.25) is 0 Å². The van der Waals surface area contributed by atoms with Crippen molar-refractivity contribution in [3.05, 3.63) is 60.2 Å². The zero-order chi connectivity index (χ0) is 25.6. The van der Waals surface area contributed by atoms with E-state index >= 15 is 0 Å². The molecule has 0 bridgehead atoms. The molecule has 2 aromatic rings. The fourth-order valence-electron chi connectivity index (χ4n) is 3.78. The summed E-state index contributed by atoms with van der Waals surface area (Å²) in [5, 5.41) is 2.64. The van der Waals surface area contributed by atoms with Crippen molar-refractivity contribution in [3.63, 3.8) is 0 Å². The summed E-state index contributed by atoms with van der Waals surface area (Å²) in [5.74, 6) is -1.22. The van der Waals surface area contributed by atoms with Crippen molar-refractivity contribution < 1.29 is 22.7 Å². The number of piperidine rings is 1. The van der Waals surface area contributed by atoms with Crippen LogP contribution in [0.15, 0.2) is 59.5 Å². The van der Waals surface area contributed by atoms with Gasteiger partial charge in [-0.05, 0) is 76.4 Å². The van der Waals surface area contributed by atoms with Gasteiger partial charge in [0.1, 0.15) is 11.6 Å². The number of anilines is 1. The summed E-state index contributed by atoms with van der Waals surface area (Å²) in [6.45, 7) is 5.64. The number of hydrogen-bond acceptors (Lipinski definition) is 7. The Morgan fingerprint density at radius 1 is 1.09 bits per heavy atom. The van der Waals surface area contributed by atoms with Crippen LogP contribution >= 0.6 is 0 Å². The minimum atomic E-state index is -4.02. The number of benzene rings is 2. The lowest BCUT2D eigenvalue weighted by molar-refractivity contribution is -0.156.